The van der Waals surface area contributed by atoms with Crippen LogP contribution in [0.4, 0.5) is 4.39 Å². The Balaban J connectivity index is 1.45. The van der Waals surface area contributed by atoms with Gasteiger partial charge < -0.3 is 4.74 Å². The van der Waals surface area contributed by atoms with Gasteiger partial charge in [-0.3, -0.25) is 4.99 Å². The van der Waals surface area contributed by atoms with E-state index in [-0.39, 0.29) is 11.2 Å². The number of hydrogen-bond donors (Lipinski definition) is 0. The molecule has 0 aliphatic carbocycles. The van der Waals surface area contributed by atoms with Gasteiger partial charge in [0.25, 0.3) is 0 Å². The number of ether oxygens (including phenoxy) is 1. The molecule has 0 aromatic heterocycles. The van der Waals surface area contributed by atoms with E-state index in [9.17, 15) is 4.39 Å². The Morgan fingerprint density at radius 2 is 1.79 bits per heavy atom. The molecule has 7 heteroatoms. The van der Waals surface area contributed by atoms with Crippen LogP contribution in [0, 0.1) is 5.82 Å². The highest BCUT2D eigenvalue weighted by Crippen LogP contribution is 2.27. The SMILES string of the molecule is CC(C)(C)c1ccc(OCC2=NSC3=NCC(c4ccc(F)cc4)=NN23)cc1. The maximum absolute atomic E-state index is 13.2. The van der Waals surface area contributed by atoms with Crippen molar-refractivity contribution in [2.24, 2.45) is 14.5 Å². The van der Waals surface area contributed by atoms with Gasteiger partial charge in [-0.05, 0) is 40.8 Å². The number of hydrogen-bond acceptors (Lipinski definition) is 6. The first kappa shape index (κ1) is 18.7. The fourth-order valence-corrected chi connectivity index (χ4v) is 3.51. The van der Waals surface area contributed by atoms with E-state index >= 15 is 0 Å². The van der Waals surface area contributed by atoms with Crippen LogP contribution in [-0.2, 0) is 5.41 Å². The molecule has 0 atom stereocenters. The highest BCUT2D eigenvalue weighted by Gasteiger charge is 2.29. The summed E-state index contributed by atoms with van der Waals surface area (Å²) in [5.41, 5.74) is 2.98. The molecule has 0 amide bonds. The zero-order chi connectivity index (χ0) is 19.7. The van der Waals surface area contributed by atoms with E-state index in [1.165, 1.54) is 29.6 Å². The van der Waals surface area contributed by atoms with Gasteiger partial charge in [0.2, 0.25) is 5.17 Å². The second kappa shape index (κ2) is 7.39. The largest absolute Gasteiger partial charge is 0.486 e. The number of benzene rings is 2. The fraction of sp³-hybridized carbons (Fsp3) is 0.286. The first-order valence-corrected chi connectivity index (χ1v) is 9.83. The molecule has 0 saturated heterocycles. The molecule has 28 heavy (non-hydrogen) atoms. The molecule has 144 valence electrons. The van der Waals surface area contributed by atoms with Crippen LogP contribution in [0.3, 0.4) is 0 Å². The lowest BCUT2D eigenvalue weighted by atomic mass is 9.87. The number of amidine groups is 2. The topological polar surface area (TPSA) is 49.6 Å². The lowest BCUT2D eigenvalue weighted by Gasteiger charge is -2.21. The molecule has 5 nitrogen and oxygen atoms in total. The first-order valence-electron chi connectivity index (χ1n) is 9.05. The average molecular weight is 396 g/mol. The average Bonchev–Trinajstić information content (AvgIpc) is 3.09. The van der Waals surface area contributed by atoms with Gasteiger partial charge in [0.15, 0.2) is 5.84 Å². The van der Waals surface area contributed by atoms with Crippen LogP contribution in [0.15, 0.2) is 63.0 Å². The molecule has 4 rings (SSSR count). The van der Waals surface area contributed by atoms with Crippen molar-refractivity contribution in [1.29, 1.82) is 0 Å². The highest BCUT2D eigenvalue weighted by molar-refractivity contribution is 8.13. The van der Waals surface area contributed by atoms with Crippen LogP contribution >= 0.6 is 11.9 Å². The molecule has 0 spiro atoms. The second-order valence-corrected chi connectivity index (χ2v) is 8.36. The number of hydrazone groups is 1. The Labute approximate surface area is 168 Å². The summed E-state index contributed by atoms with van der Waals surface area (Å²) in [5.74, 6) is 1.20. The molecular weight excluding hydrogens is 375 g/mol. The summed E-state index contributed by atoms with van der Waals surface area (Å²) in [6, 6.07) is 14.4. The van der Waals surface area contributed by atoms with Gasteiger partial charge >= 0.3 is 0 Å². The molecule has 0 unspecified atom stereocenters. The van der Waals surface area contributed by atoms with Crippen molar-refractivity contribution in [3.8, 4) is 5.75 Å². The predicted molar refractivity (Wildman–Crippen MR) is 113 cm³/mol. The van der Waals surface area contributed by atoms with Crippen molar-refractivity contribution in [2.75, 3.05) is 13.2 Å². The Bertz CT molecular complexity index is 959. The van der Waals surface area contributed by atoms with Gasteiger partial charge in [-0.1, -0.05) is 45.0 Å². The highest BCUT2D eigenvalue weighted by atomic mass is 32.2. The summed E-state index contributed by atoms with van der Waals surface area (Å²) in [7, 11) is 0. The van der Waals surface area contributed by atoms with Crippen molar-refractivity contribution < 1.29 is 9.13 Å². The number of halogens is 1. The van der Waals surface area contributed by atoms with Gasteiger partial charge in [-0.25, -0.2) is 4.39 Å². The quantitative estimate of drug-likeness (QED) is 0.708. The third-order valence-electron chi connectivity index (χ3n) is 4.51. The first-order chi connectivity index (χ1) is 13.4. The molecule has 0 saturated carbocycles. The second-order valence-electron chi connectivity index (χ2n) is 7.63. The molecule has 0 N–H and O–H groups in total. The molecule has 0 fully saturated rings. The van der Waals surface area contributed by atoms with Gasteiger partial charge in [-0.15, -0.1) is 0 Å². The van der Waals surface area contributed by atoms with Crippen LogP contribution in [0.1, 0.15) is 31.9 Å². The van der Waals surface area contributed by atoms with Crippen molar-refractivity contribution in [2.45, 2.75) is 26.2 Å². The van der Waals surface area contributed by atoms with Crippen molar-refractivity contribution in [3.63, 3.8) is 0 Å². The summed E-state index contributed by atoms with van der Waals surface area (Å²) in [6.45, 7) is 7.29. The van der Waals surface area contributed by atoms with Crippen molar-refractivity contribution in [3.05, 3.63) is 65.5 Å². The number of fused-ring (bicyclic) bond motifs is 1. The van der Waals surface area contributed by atoms with E-state index in [0.717, 1.165) is 22.2 Å². The van der Waals surface area contributed by atoms with Gasteiger partial charge in [0.05, 0.1) is 24.2 Å². The minimum Gasteiger partial charge on any atom is -0.486 e. The Kier molecular flexibility index (Phi) is 4.93. The molecule has 2 aliphatic heterocycles. The van der Waals surface area contributed by atoms with E-state index < -0.39 is 0 Å². The summed E-state index contributed by atoms with van der Waals surface area (Å²) in [4.78, 5) is 4.53. The molecule has 2 aromatic carbocycles. The summed E-state index contributed by atoms with van der Waals surface area (Å²) >= 11 is 1.29. The van der Waals surface area contributed by atoms with Gasteiger partial charge in [-0.2, -0.15) is 14.5 Å². The summed E-state index contributed by atoms with van der Waals surface area (Å²) in [5, 5.41) is 7.08. The molecule has 2 heterocycles. The molecule has 0 radical (unpaired) electrons. The standard InChI is InChI=1S/C21H21FN4OS/c1-21(2,3)15-6-10-17(11-7-15)27-13-19-25-28-20-23-12-18(24-26(19)20)14-4-8-16(22)9-5-14/h4-11H,12-13H2,1-3H3. The fourth-order valence-electron chi connectivity index (χ4n) is 2.85. The number of rotatable bonds is 4. The predicted octanol–water partition coefficient (Wildman–Crippen LogP) is 4.64. The van der Waals surface area contributed by atoms with E-state index in [1.54, 1.807) is 17.1 Å². The van der Waals surface area contributed by atoms with E-state index in [2.05, 4.69) is 47.4 Å². The molecule has 0 bridgehead atoms. The lowest BCUT2D eigenvalue weighted by molar-refractivity contribution is 0.363. The van der Waals surface area contributed by atoms with Crippen LogP contribution in [0.2, 0.25) is 0 Å². The van der Waals surface area contributed by atoms with E-state index in [0.29, 0.717) is 19.0 Å². The maximum Gasteiger partial charge on any atom is 0.209 e. The Morgan fingerprint density at radius 1 is 1.07 bits per heavy atom. The van der Waals surface area contributed by atoms with E-state index in [1.807, 2.05) is 12.1 Å². The van der Waals surface area contributed by atoms with Gasteiger partial charge in [0.1, 0.15) is 18.2 Å². The molecule has 2 aromatic rings. The van der Waals surface area contributed by atoms with Crippen molar-refractivity contribution in [1.82, 2.24) is 5.01 Å². The zero-order valence-corrected chi connectivity index (χ0v) is 16.8. The smallest absolute Gasteiger partial charge is 0.209 e. The van der Waals surface area contributed by atoms with Crippen LogP contribution in [0.5, 0.6) is 5.75 Å². The van der Waals surface area contributed by atoms with Crippen molar-refractivity contribution >= 4 is 28.7 Å². The lowest BCUT2D eigenvalue weighted by Crippen LogP contribution is -2.35. The third-order valence-corrected chi connectivity index (χ3v) is 5.28. The minimum atomic E-state index is -0.269. The van der Waals surface area contributed by atoms with Crippen LogP contribution in [0.25, 0.3) is 0 Å². The summed E-state index contributed by atoms with van der Waals surface area (Å²) < 4.78 is 23.5. The van der Waals surface area contributed by atoms with E-state index in [4.69, 9.17) is 4.74 Å². The normalized spacial score (nSPS) is 16.3. The minimum absolute atomic E-state index is 0.106. The van der Waals surface area contributed by atoms with Crippen LogP contribution in [-0.4, -0.2) is 34.9 Å². The van der Waals surface area contributed by atoms with Gasteiger partial charge in [0, 0.05) is 0 Å². The maximum atomic E-state index is 13.2. The number of nitrogens with zero attached hydrogens (tertiary/aromatic N) is 4. The molecular formula is C21H21FN4OS. The summed E-state index contributed by atoms with van der Waals surface area (Å²) in [6.07, 6.45) is 0. The Hall–Kier alpha value is -2.67. The zero-order valence-electron chi connectivity index (χ0n) is 16.0. The molecule has 2 aliphatic rings. The third kappa shape index (κ3) is 3.94. The van der Waals surface area contributed by atoms with Crippen LogP contribution < -0.4 is 4.74 Å². The number of aliphatic imine (C=N–C) groups is 1. The Morgan fingerprint density at radius 3 is 2.46 bits per heavy atom. The monoisotopic (exact) mass is 396 g/mol.